The number of imide groups is 1. The van der Waals surface area contributed by atoms with Gasteiger partial charge < -0.3 is 4.57 Å². The van der Waals surface area contributed by atoms with E-state index < -0.39 is 0 Å². The summed E-state index contributed by atoms with van der Waals surface area (Å²) in [5.41, 5.74) is 4.22. The summed E-state index contributed by atoms with van der Waals surface area (Å²) >= 11 is 19.6. The van der Waals surface area contributed by atoms with Crippen molar-refractivity contribution in [2.24, 2.45) is 0 Å². The van der Waals surface area contributed by atoms with E-state index in [1.807, 2.05) is 42.7 Å². The maximum Gasteiger partial charge on any atom is 0.293 e. The zero-order valence-electron chi connectivity index (χ0n) is 16.7. The van der Waals surface area contributed by atoms with Crippen molar-refractivity contribution in [3.63, 3.8) is 0 Å². The lowest BCUT2D eigenvalue weighted by atomic mass is 10.2. The molecule has 2 heterocycles. The second-order valence-corrected chi connectivity index (χ2v) is 9.35. The van der Waals surface area contributed by atoms with Gasteiger partial charge in [-0.1, -0.05) is 53.0 Å². The Morgan fingerprint density at radius 3 is 2.48 bits per heavy atom. The number of amides is 2. The lowest BCUT2D eigenvalue weighted by molar-refractivity contribution is -0.123. The van der Waals surface area contributed by atoms with Crippen molar-refractivity contribution in [3.05, 3.63) is 91.0 Å². The topological polar surface area (TPSA) is 42.3 Å². The summed E-state index contributed by atoms with van der Waals surface area (Å²) in [5.74, 6) is -0.319. The van der Waals surface area contributed by atoms with Crippen LogP contribution in [0.15, 0.2) is 53.4 Å². The van der Waals surface area contributed by atoms with E-state index in [1.165, 1.54) is 4.90 Å². The Labute approximate surface area is 199 Å². The van der Waals surface area contributed by atoms with Gasteiger partial charge in [-0.2, -0.15) is 0 Å². The predicted octanol–water partition coefficient (Wildman–Crippen LogP) is 7.29. The molecule has 0 spiro atoms. The number of halogens is 3. The Bertz CT molecular complexity index is 1250. The number of hydrogen-bond donors (Lipinski definition) is 0. The molecule has 0 aliphatic carbocycles. The third kappa shape index (κ3) is 4.28. The zero-order chi connectivity index (χ0) is 22.3. The molecule has 1 saturated heterocycles. The minimum atomic E-state index is -0.319. The summed E-state index contributed by atoms with van der Waals surface area (Å²) < 4.78 is 1.98. The molecule has 1 fully saturated rings. The van der Waals surface area contributed by atoms with Crippen molar-refractivity contribution in [2.75, 3.05) is 0 Å². The summed E-state index contributed by atoms with van der Waals surface area (Å²) in [6, 6.07) is 14.5. The van der Waals surface area contributed by atoms with Gasteiger partial charge in [-0.25, -0.2) is 0 Å². The van der Waals surface area contributed by atoms with Crippen LogP contribution in [-0.4, -0.2) is 20.6 Å². The predicted molar refractivity (Wildman–Crippen MR) is 128 cm³/mol. The van der Waals surface area contributed by atoms with Gasteiger partial charge in [0.15, 0.2) is 0 Å². The van der Waals surface area contributed by atoms with Gasteiger partial charge in [0.2, 0.25) is 0 Å². The third-order valence-corrected chi connectivity index (χ3v) is 6.98. The SMILES string of the molecule is Cc1cc(/C=C2\SC(=O)N(Cc3cccc(Cl)c3)C2=O)c(C)n1-c1cccc(Cl)c1Cl. The number of benzene rings is 2. The van der Waals surface area contributed by atoms with Gasteiger partial charge in [0, 0.05) is 16.4 Å². The Morgan fingerprint density at radius 2 is 1.74 bits per heavy atom. The fraction of sp³-hybridized carbons (Fsp3) is 0.130. The maximum atomic E-state index is 12.9. The highest BCUT2D eigenvalue weighted by molar-refractivity contribution is 8.18. The first-order valence-electron chi connectivity index (χ1n) is 9.39. The number of nitrogens with zero attached hydrogens (tertiary/aromatic N) is 2. The van der Waals surface area contributed by atoms with E-state index in [1.54, 1.807) is 30.3 Å². The van der Waals surface area contributed by atoms with Crippen molar-refractivity contribution in [1.82, 2.24) is 9.47 Å². The van der Waals surface area contributed by atoms with Crippen LogP contribution < -0.4 is 0 Å². The molecule has 2 aromatic carbocycles. The van der Waals surface area contributed by atoms with E-state index in [0.717, 1.165) is 40.0 Å². The second kappa shape index (κ2) is 8.75. The molecule has 3 aromatic rings. The van der Waals surface area contributed by atoms with Crippen LogP contribution in [-0.2, 0) is 11.3 Å². The van der Waals surface area contributed by atoms with Gasteiger partial charge in [-0.15, -0.1) is 0 Å². The number of rotatable bonds is 4. The maximum absolute atomic E-state index is 12.9. The van der Waals surface area contributed by atoms with E-state index >= 15 is 0 Å². The monoisotopic (exact) mass is 490 g/mol. The largest absolute Gasteiger partial charge is 0.316 e. The molecule has 2 amide bonds. The Morgan fingerprint density at radius 1 is 1.00 bits per heavy atom. The van der Waals surface area contributed by atoms with Crippen molar-refractivity contribution in [3.8, 4) is 5.69 Å². The molecule has 0 atom stereocenters. The summed E-state index contributed by atoms with van der Waals surface area (Å²) in [4.78, 5) is 27.0. The fourth-order valence-corrected chi connectivity index (χ4v) is 4.99. The van der Waals surface area contributed by atoms with Crippen molar-refractivity contribution >= 4 is 63.8 Å². The van der Waals surface area contributed by atoms with Crippen LogP contribution in [0.3, 0.4) is 0 Å². The van der Waals surface area contributed by atoms with E-state index in [-0.39, 0.29) is 17.7 Å². The number of aromatic nitrogens is 1. The highest BCUT2D eigenvalue weighted by Crippen LogP contribution is 2.36. The molecule has 8 heteroatoms. The highest BCUT2D eigenvalue weighted by atomic mass is 35.5. The smallest absolute Gasteiger partial charge is 0.293 e. The van der Waals surface area contributed by atoms with Crippen LogP contribution in [0.1, 0.15) is 22.5 Å². The van der Waals surface area contributed by atoms with Crippen LogP contribution in [0.25, 0.3) is 11.8 Å². The number of hydrogen-bond acceptors (Lipinski definition) is 3. The number of carbonyl (C=O) groups excluding carboxylic acids is 2. The van der Waals surface area contributed by atoms with Crippen LogP contribution in [0.4, 0.5) is 4.79 Å². The average Bonchev–Trinajstić information content (AvgIpc) is 3.14. The summed E-state index contributed by atoms with van der Waals surface area (Å²) in [7, 11) is 0. The molecule has 0 unspecified atom stereocenters. The molecule has 0 N–H and O–H groups in total. The first-order valence-corrected chi connectivity index (χ1v) is 11.3. The summed E-state index contributed by atoms with van der Waals surface area (Å²) in [5, 5.41) is 1.18. The first kappa shape index (κ1) is 22.0. The second-order valence-electron chi connectivity index (χ2n) is 7.13. The molecule has 31 heavy (non-hydrogen) atoms. The molecule has 0 bridgehead atoms. The quantitative estimate of drug-likeness (QED) is 0.360. The lowest BCUT2D eigenvalue weighted by Crippen LogP contribution is -2.27. The standard InChI is InChI=1S/C23H17Cl3N2O2S/c1-13-9-16(14(2)28(13)19-8-4-7-18(25)21(19)26)11-20-22(29)27(23(30)31-20)12-15-5-3-6-17(24)10-15/h3-11H,12H2,1-2H3/b20-11-. The van der Waals surface area contributed by atoms with Crippen LogP contribution in [0, 0.1) is 13.8 Å². The molecule has 1 aliphatic heterocycles. The normalized spacial score (nSPS) is 15.4. The van der Waals surface area contributed by atoms with Gasteiger partial charge in [-0.05, 0) is 73.1 Å². The average molecular weight is 492 g/mol. The summed E-state index contributed by atoms with van der Waals surface area (Å²) in [6.07, 6.45) is 1.75. The van der Waals surface area contributed by atoms with Crippen LogP contribution in [0.2, 0.25) is 15.1 Å². The Kier molecular flexibility index (Phi) is 6.22. The first-order chi connectivity index (χ1) is 14.8. The number of thioether (sulfide) groups is 1. The van der Waals surface area contributed by atoms with Gasteiger partial charge in [0.1, 0.15) is 0 Å². The van der Waals surface area contributed by atoms with E-state index in [2.05, 4.69) is 0 Å². The Balaban J connectivity index is 1.66. The van der Waals surface area contributed by atoms with Gasteiger partial charge >= 0.3 is 0 Å². The molecular formula is C23H17Cl3N2O2S. The molecule has 0 saturated carbocycles. The molecule has 1 aromatic heterocycles. The number of aryl methyl sites for hydroxylation is 1. The fourth-order valence-electron chi connectivity index (χ4n) is 3.56. The molecular weight excluding hydrogens is 475 g/mol. The minimum Gasteiger partial charge on any atom is -0.316 e. The molecule has 158 valence electrons. The van der Waals surface area contributed by atoms with Crippen molar-refractivity contribution in [2.45, 2.75) is 20.4 Å². The Hall–Kier alpha value is -2.18. The third-order valence-electron chi connectivity index (χ3n) is 5.03. The minimum absolute atomic E-state index is 0.180. The summed E-state index contributed by atoms with van der Waals surface area (Å²) in [6.45, 7) is 4.07. The van der Waals surface area contributed by atoms with Gasteiger partial charge in [0.25, 0.3) is 11.1 Å². The van der Waals surface area contributed by atoms with Crippen LogP contribution in [0.5, 0.6) is 0 Å². The highest BCUT2D eigenvalue weighted by Gasteiger charge is 2.35. The zero-order valence-corrected chi connectivity index (χ0v) is 19.7. The molecule has 0 radical (unpaired) electrons. The van der Waals surface area contributed by atoms with Crippen molar-refractivity contribution in [1.29, 1.82) is 0 Å². The van der Waals surface area contributed by atoms with Crippen LogP contribution >= 0.6 is 46.6 Å². The molecule has 4 nitrogen and oxygen atoms in total. The van der Waals surface area contributed by atoms with Gasteiger partial charge in [0.05, 0.1) is 27.2 Å². The van der Waals surface area contributed by atoms with Gasteiger partial charge in [-0.3, -0.25) is 14.5 Å². The van der Waals surface area contributed by atoms with E-state index in [4.69, 9.17) is 34.8 Å². The van der Waals surface area contributed by atoms with E-state index in [0.29, 0.717) is 20.0 Å². The van der Waals surface area contributed by atoms with Crippen molar-refractivity contribution < 1.29 is 9.59 Å². The molecule has 4 rings (SSSR count). The lowest BCUT2D eigenvalue weighted by Gasteiger charge is -2.13. The number of carbonyl (C=O) groups is 2. The van der Waals surface area contributed by atoms with E-state index in [9.17, 15) is 9.59 Å². The molecule has 1 aliphatic rings.